The van der Waals surface area contributed by atoms with Crippen LogP contribution in [0.1, 0.15) is 24.2 Å². The standard InChI is InChI=1S/C12H13NO4/c1-3-16-7-5-6-8(17-4-2)10-9(7)11(14)12(15)13-10/h5-6H,3-4H2,1-2H3,(H,13,14,15). The van der Waals surface area contributed by atoms with E-state index in [2.05, 4.69) is 5.32 Å². The molecule has 1 heterocycles. The Kier molecular flexibility index (Phi) is 2.99. The van der Waals surface area contributed by atoms with Crippen molar-refractivity contribution in [1.82, 2.24) is 0 Å². The Hall–Kier alpha value is -2.04. The van der Waals surface area contributed by atoms with Gasteiger partial charge in [0.15, 0.2) is 0 Å². The summed E-state index contributed by atoms with van der Waals surface area (Å²) in [6.07, 6.45) is 0. The Morgan fingerprint density at radius 1 is 1.06 bits per heavy atom. The summed E-state index contributed by atoms with van der Waals surface area (Å²) < 4.78 is 10.7. The van der Waals surface area contributed by atoms with Crippen LogP contribution in [0, 0.1) is 0 Å². The normalized spacial score (nSPS) is 13.3. The lowest BCUT2D eigenvalue weighted by atomic mass is 10.1. The second-order valence-electron chi connectivity index (χ2n) is 3.46. The molecule has 0 bridgehead atoms. The molecule has 0 saturated carbocycles. The minimum Gasteiger partial charge on any atom is -0.493 e. The molecule has 5 nitrogen and oxygen atoms in total. The van der Waals surface area contributed by atoms with Crippen molar-refractivity contribution in [2.45, 2.75) is 13.8 Å². The molecule has 0 radical (unpaired) electrons. The maximum Gasteiger partial charge on any atom is 0.297 e. The maximum absolute atomic E-state index is 11.7. The zero-order valence-electron chi connectivity index (χ0n) is 9.70. The van der Waals surface area contributed by atoms with E-state index in [0.29, 0.717) is 30.4 Å². The van der Waals surface area contributed by atoms with Gasteiger partial charge in [0.1, 0.15) is 11.5 Å². The van der Waals surface area contributed by atoms with Crippen molar-refractivity contribution in [3.63, 3.8) is 0 Å². The highest BCUT2D eigenvalue weighted by Gasteiger charge is 2.34. The molecular weight excluding hydrogens is 222 g/mol. The van der Waals surface area contributed by atoms with Gasteiger partial charge in [-0.1, -0.05) is 0 Å². The number of nitrogens with one attached hydrogen (secondary N) is 1. The van der Waals surface area contributed by atoms with E-state index in [0.717, 1.165) is 0 Å². The third kappa shape index (κ3) is 1.84. The third-order valence-corrected chi connectivity index (χ3v) is 2.40. The molecular formula is C12H13NO4. The monoisotopic (exact) mass is 235 g/mol. The van der Waals surface area contributed by atoms with Crippen LogP contribution < -0.4 is 14.8 Å². The summed E-state index contributed by atoms with van der Waals surface area (Å²) in [5.41, 5.74) is 0.676. The maximum atomic E-state index is 11.7. The molecule has 1 N–H and O–H groups in total. The topological polar surface area (TPSA) is 64.6 Å². The number of ether oxygens (including phenoxy) is 2. The van der Waals surface area contributed by atoms with Gasteiger partial charge in [-0.25, -0.2) is 0 Å². The predicted octanol–water partition coefficient (Wildman–Crippen LogP) is 1.62. The quantitative estimate of drug-likeness (QED) is 0.805. The number of carbonyl (C=O) groups excluding carboxylic acids is 2. The first-order valence-electron chi connectivity index (χ1n) is 5.47. The Morgan fingerprint density at radius 3 is 2.29 bits per heavy atom. The van der Waals surface area contributed by atoms with E-state index in [1.54, 1.807) is 12.1 Å². The second kappa shape index (κ2) is 4.45. The Balaban J connectivity index is 2.53. The number of carbonyl (C=O) groups is 2. The van der Waals surface area contributed by atoms with Crippen molar-refractivity contribution in [3.8, 4) is 11.5 Å². The van der Waals surface area contributed by atoms with E-state index in [1.807, 2.05) is 13.8 Å². The third-order valence-electron chi connectivity index (χ3n) is 2.40. The summed E-state index contributed by atoms with van der Waals surface area (Å²) in [6, 6.07) is 3.33. The van der Waals surface area contributed by atoms with Crippen molar-refractivity contribution in [2.24, 2.45) is 0 Å². The highest BCUT2D eigenvalue weighted by atomic mass is 16.5. The molecule has 2 rings (SSSR count). The molecule has 17 heavy (non-hydrogen) atoms. The van der Waals surface area contributed by atoms with Gasteiger partial charge in [-0.05, 0) is 26.0 Å². The van der Waals surface area contributed by atoms with E-state index in [-0.39, 0.29) is 5.56 Å². The minimum atomic E-state index is -0.645. The number of rotatable bonds is 4. The molecule has 0 unspecified atom stereocenters. The van der Waals surface area contributed by atoms with E-state index in [4.69, 9.17) is 9.47 Å². The molecule has 5 heteroatoms. The van der Waals surface area contributed by atoms with E-state index in [1.165, 1.54) is 0 Å². The number of Topliss-reactive ketones (excluding diaryl/α,β-unsaturated/α-hetero) is 1. The van der Waals surface area contributed by atoms with E-state index >= 15 is 0 Å². The van der Waals surface area contributed by atoms with Crippen molar-refractivity contribution in [3.05, 3.63) is 17.7 Å². The first kappa shape index (κ1) is 11.4. The molecule has 1 aromatic rings. The Morgan fingerprint density at radius 2 is 1.65 bits per heavy atom. The zero-order chi connectivity index (χ0) is 12.4. The number of anilines is 1. The summed E-state index contributed by atoms with van der Waals surface area (Å²) in [6.45, 7) is 4.55. The molecule has 1 amide bonds. The number of benzene rings is 1. The van der Waals surface area contributed by atoms with Gasteiger partial charge in [-0.15, -0.1) is 0 Å². The summed E-state index contributed by atoms with van der Waals surface area (Å²) in [5, 5.41) is 2.51. The molecule has 90 valence electrons. The van der Waals surface area contributed by atoms with Crippen molar-refractivity contribution >= 4 is 17.4 Å². The van der Waals surface area contributed by atoms with Gasteiger partial charge in [0, 0.05) is 0 Å². The van der Waals surface area contributed by atoms with Gasteiger partial charge in [-0.3, -0.25) is 9.59 Å². The van der Waals surface area contributed by atoms with Crippen LogP contribution in [0.3, 0.4) is 0 Å². The lowest BCUT2D eigenvalue weighted by Crippen LogP contribution is -2.13. The van der Waals surface area contributed by atoms with Crippen LogP contribution in [0.4, 0.5) is 5.69 Å². The average Bonchev–Trinajstić information content (AvgIpc) is 2.60. The Bertz CT molecular complexity index is 482. The molecule has 0 spiro atoms. The van der Waals surface area contributed by atoms with Gasteiger partial charge in [0.05, 0.1) is 24.5 Å². The molecule has 1 aromatic carbocycles. The van der Waals surface area contributed by atoms with Gasteiger partial charge in [0.25, 0.3) is 11.7 Å². The van der Waals surface area contributed by atoms with Crippen LogP contribution in [0.5, 0.6) is 11.5 Å². The molecule has 0 aliphatic carbocycles. The minimum absolute atomic E-state index is 0.266. The highest BCUT2D eigenvalue weighted by molar-refractivity contribution is 6.52. The smallest absolute Gasteiger partial charge is 0.297 e. The summed E-state index contributed by atoms with van der Waals surface area (Å²) in [7, 11) is 0. The fourth-order valence-corrected chi connectivity index (χ4v) is 1.75. The summed E-state index contributed by atoms with van der Waals surface area (Å²) in [4.78, 5) is 23.1. The highest BCUT2D eigenvalue weighted by Crippen LogP contribution is 2.39. The van der Waals surface area contributed by atoms with Gasteiger partial charge in [0.2, 0.25) is 0 Å². The molecule has 1 aliphatic rings. The number of amides is 1. The van der Waals surface area contributed by atoms with Crippen LogP contribution in [0.15, 0.2) is 12.1 Å². The summed E-state index contributed by atoms with van der Waals surface area (Å²) in [5.74, 6) is -0.322. The number of hydrogen-bond donors (Lipinski definition) is 1. The lowest BCUT2D eigenvalue weighted by Gasteiger charge is -2.11. The molecule has 0 aromatic heterocycles. The van der Waals surface area contributed by atoms with Crippen LogP contribution in [-0.4, -0.2) is 24.9 Å². The fraction of sp³-hybridized carbons (Fsp3) is 0.333. The zero-order valence-corrected chi connectivity index (χ0v) is 9.70. The molecule has 1 aliphatic heterocycles. The van der Waals surface area contributed by atoms with Crippen molar-refractivity contribution in [1.29, 1.82) is 0 Å². The van der Waals surface area contributed by atoms with E-state index < -0.39 is 11.7 Å². The van der Waals surface area contributed by atoms with Crippen molar-refractivity contribution < 1.29 is 19.1 Å². The first-order valence-corrected chi connectivity index (χ1v) is 5.47. The van der Waals surface area contributed by atoms with Gasteiger partial charge < -0.3 is 14.8 Å². The van der Waals surface area contributed by atoms with Gasteiger partial charge >= 0.3 is 0 Å². The number of hydrogen-bond acceptors (Lipinski definition) is 4. The Labute approximate surface area is 98.7 Å². The number of fused-ring (bicyclic) bond motifs is 1. The summed E-state index contributed by atoms with van der Waals surface area (Å²) >= 11 is 0. The molecule has 0 atom stereocenters. The average molecular weight is 235 g/mol. The number of ketones is 1. The molecule has 0 fully saturated rings. The van der Waals surface area contributed by atoms with E-state index in [9.17, 15) is 9.59 Å². The largest absolute Gasteiger partial charge is 0.493 e. The molecule has 0 saturated heterocycles. The predicted molar refractivity (Wildman–Crippen MR) is 61.7 cm³/mol. The van der Waals surface area contributed by atoms with Crippen LogP contribution in [0.25, 0.3) is 0 Å². The second-order valence-corrected chi connectivity index (χ2v) is 3.46. The lowest BCUT2D eigenvalue weighted by molar-refractivity contribution is -0.112. The SMILES string of the molecule is CCOc1ccc(OCC)c2c1NC(=O)C2=O. The van der Waals surface area contributed by atoms with Crippen LogP contribution >= 0.6 is 0 Å². The fourth-order valence-electron chi connectivity index (χ4n) is 1.75. The van der Waals surface area contributed by atoms with Gasteiger partial charge in [-0.2, -0.15) is 0 Å². The van der Waals surface area contributed by atoms with Crippen LogP contribution in [-0.2, 0) is 4.79 Å². The van der Waals surface area contributed by atoms with Crippen molar-refractivity contribution in [2.75, 3.05) is 18.5 Å². The van der Waals surface area contributed by atoms with Crippen LogP contribution in [0.2, 0.25) is 0 Å². The first-order chi connectivity index (χ1) is 8.19.